The third kappa shape index (κ3) is 2.77. The normalized spacial score (nSPS) is 11.2. The number of rotatable bonds is 6. The van der Waals surface area contributed by atoms with Crippen LogP contribution in [0.25, 0.3) is 11.0 Å². The van der Waals surface area contributed by atoms with Gasteiger partial charge in [-0.3, -0.25) is 5.10 Å². The van der Waals surface area contributed by atoms with E-state index >= 15 is 0 Å². The first kappa shape index (κ1) is 13.6. The summed E-state index contributed by atoms with van der Waals surface area (Å²) in [5.74, 6) is 1.60. The predicted octanol–water partition coefficient (Wildman–Crippen LogP) is 2.41. The molecular formula is C13H22N6. The lowest BCUT2D eigenvalue weighted by atomic mass is 10.3. The molecule has 0 amide bonds. The number of aromatic amines is 1. The molecular weight excluding hydrogens is 240 g/mol. The maximum atomic E-state index is 4.65. The molecule has 6 nitrogen and oxygen atoms in total. The van der Waals surface area contributed by atoms with E-state index in [2.05, 4.69) is 58.1 Å². The number of H-pyrrole nitrogens is 1. The third-order valence-electron chi connectivity index (χ3n) is 3.06. The van der Waals surface area contributed by atoms with Crippen LogP contribution in [-0.4, -0.2) is 39.3 Å². The molecule has 2 heterocycles. The van der Waals surface area contributed by atoms with Gasteiger partial charge in [0.15, 0.2) is 5.65 Å². The summed E-state index contributed by atoms with van der Waals surface area (Å²) < 4.78 is 0. The van der Waals surface area contributed by atoms with Crippen molar-refractivity contribution in [2.45, 2.75) is 40.2 Å². The van der Waals surface area contributed by atoms with Crippen LogP contribution >= 0.6 is 0 Å². The van der Waals surface area contributed by atoms with Crippen molar-refractivity contribution in [3.63, 3.8) is 0 Å². The number of nitrogens with zero attached hydrogens (tertiary/aromatic N) is 4. The molecule has 2 N–H and O–H groups in total. The van der Waals surface area contributed by atoms with E-state index in [1.165, 1.54) is 0 Å². The van der Waals surface area contributed by atoms with Crippen LogP contribution in [0.15, 0.2) is 6.20 Å². The fourth-order valence-corrected chi connectivity index (χ4v) is 2.11. The first-order valence-electron chi connectivity index (χ1n) is 6.89. The Morgan fingerprint density at radius 1 is 1.32 bits per heavy atom. The molecule has 0 bridgehead atoms. The summed E-state index contributed by atoms with van der Waals surface area (Å²) in [7, 11) is 0. The Morgan fingerprint density at radius 3 is 2.74 bits per heavy atom. The van der Waals surface area contributed by atoms with Crippen molar-refractivity contribution in [2.75, 3.05) is 23.3 Å². The predicted molar refractivity (Wildman–Crippen MR) is 78.6 cm³/mol. The number of nitrogens with one attached hydrogen (secondary N) is 2. The van der Waals surface area contributed by atoms with Gasteiger partial charge in [0.2, 0.25) is 5.95 Å². The summed E-state index contributed by atoms with van der Waals surface area (Å²) in [6, 6.07) is 0.386. The fourth-order valence-electron chi connectivity index (χ4n) is 2.11. The molecule has 0 spiro atoms. The molecule has 0 saturated carbocycles. The smallest absolute Gasteiger partial charge is 0.226 e. The Hall–Kier alpha value is -1.85. The van der Waals surface area contributed by atoms with Crippen LogP contribution in [0.1, 0.15) is 34.1 Å². The van der Waals surface area contributed by atoms with Gasteiger partial charge in [0.25, 0.3) is 0 Å². The number of fused-ring (bicyclic) bond motifs is 1. The summed E-state index contributed by atoms with van der Waals surface area (Å²) in [4.78, 5) is 11.3. The quantitative estimate of drug-likeness (QED) is 0.836. The molecule has 104 valence electrons. The molecule has 0 atom stereocenters. The second kappa shape index (κ2) is 5.86. The van der Waals surface area contributed by atoms with Crippen LogP contribution < -0.4 is 10.2 Å². The van der Waals surface area contributed by atoms with Crippen molar-refractivity contribution in [1.82, 2.24) is 20.2 Å². The largest absolute Gasteiger partial charge is 0.354 e. The first-order chi connectivity index (χ1) is 9.17. The first-order valence-corrected chi connectivity index (χ1v) is 6.89. The average Bonchev–Trinajstić information content (AvgIpc) is 2.85. The topological polar surface area (TPSA) is 69.7 Å². The van der Waals surface area contributed by atoms with E-state index < -0.39 is 0 Å². The summed E-state index contributed by atoms with van der Waals surface area (Å²) in [6.45, 7) is 10.4. The van der Waals surface area contributed by atoms with Gasteiger partial charge in [-0.05, 0) is 27.2 Å². The molecule has 6 heteroatoms. The zero-order valence-electron chi connectivity index (χ0n) is 12.1. The molecule has 0 fully saturated rings. The van der Waals surface area contributed by atoms with Gasteiger partial charge < -0.3 is 10.2 Å². The van der Waals surface area contributed by atoms with Crippen LogP contribution in [0.3, 0.4) is 0 Å². The van der Waals surface area contributed by atoms with Crippen molar-refractivity contribution < 1.29 is 0 Å². The maximum absolute atomic E-state index is 4.65. The fraction of sp³-hybridized carbons (Fsp3) is 0.615. The van der Waals surface area contributed by atoms with E-state index in [9.17, 15) is 0 Å². The van der Waals surface area contributed by atoms with E-state index in [1.54, 1.807) is 6.20 Å². The van der Waals surface area contributed by atoms with Gasteiger partial charge in [-0.1, -0.05) is 6.92 Å². The van der Waals surface area contributed by atoms with Crippen LogP contribution in [0.5, 0.6) is 0 Å². The van der Waals surface area contributed by atoms with Gasteiger partial charge in [0, 0.05) is 19.1 Å². The molecule has 0 aromatic carbocycles. The number of anilines is 2. The zero-order chi connectivity index (χ0) is 13.8. The molecule has 0 aliphatic rings. The Balaban J connectivity index is 2.46. The van der Waals surface area contributed by atoms with E-state index in [0.717, 1.165) is 36.4 Å². The third-order valence-corrected chi connectivity index (χ3v) is 3.06. The summed E-state index contributed by atoms with van der Waals surface area (Å²) in [6.07, 6.45) is 2.83. The average molecular weight is 262 g/mol. The van der Waals surface area contributed by atoms with Crippen molar-refractivity contribution in [3.8, 4) is 0 Å². The van der Waals surface area contributed by atoms with Crippen LogP contribution in [0, 0.1) is 0 Å². The van der Waals surface area contributed by atoms with Crippen LogP contribution in [0.4, 0.5) is 11.8 Å². The van der Waals surface area contributed by atoms with Gasteiger partial charge in [0.1, 0.15) is 5.82 Å². The second-order valence-corrected chi connectivity index (χ2v) is 4.81. The molecule has 2 aromatic rings. The number of aromatic nitrogens is 4. The lowest BCUT2D eigenvalue weighted by molar-refractivity contribution is 0.696. The molecule has 19 heavy (non-hydrogen) atoms. The lowest BCUT2D eigenvalue weighted by Gasteiger charge is -2.27. The molecule has 0 saturated heterocycles. The van der Waals surface area contributed by atoms with Crippen LogP contribution in [0.2, 0.25) is 0 Å². The highest BCUT2D eigenvalue weighted by Gasteiger charge is 2.16. The summed E-state index contributed by atoms with van der Waals surface area (Å²) in [5, 5.41) is 11.2. The van der Waals surface area contributed by atoms with Gasteiger partial charge in [-0.2, -0.15) is 15.1 Å². The Bertz CT molecular complexity index is 533. The van der Waals surface area contributed by atoms with Crippen molar-refractivity contribution >= 4 is 22.8 Å². The van der Waals surface area contributed by atoms with Gasteiger partial charge in [0.05, 0.1) is 11.6 Å². The lowest BCUT2D eigenvalue weighted by Crippen LogP contribution is -2.31. The minimum atomic E-state index is 0.386. The Morgan fingerprint density at radius 2 is 2.11 bits per heavy atom. The molecule has 0 radical (unpaired) electrons. The van der Waals surface area contributed by atoms with Crippen molar-refractivity contribution in [1.29, 1.82) is 0 Å². The van der Waals surface area contributed by atoms with Crippen molar-refractivity contribution in [3.05, 3.63) is 6.20 Å². The van der Waals surface area contributed by atoms with E-state index in [-0.39, 0.29) is 0 Å². The Kier molecular flexibility index (Phi) is 4.19. The van der Waals surface area contributed by atoms with E-state index in [4.69, 9.17) is 0 Å². The zero-order valence-corrected chi connectivity index (χ0v) is 12.1. The highest BCUT2D eigenvalue weighted by Crippen LogP contribution is 2.25. The second-order valence-electron chi connectivity index (χ2n) is 4.81. The SMILES string of the molecule is CCCNc1nc(N(CC)C(C)C)c2cn[nH]c2n1. The molecule has 0 aliphatic carbocycles. The monoisotopic (exact) mass is 262 g/mol. The standard InChI is InChI=1S/C13H22N6/c1-5-7-14-13-16-11-10(8-15-18-11)12(17-13)19(6-2)9(3)4/h8-9H,5-7H2,1-4H3,(H2,14,15,16,17,18). The molecule has 0 unspecified atom stereocenters. The Labute approximate surface area is 113 Å². The maximum Gasteiger partial charge on any atom is 0.226 e. The highest BCUT2D eigenvalue weighted by atomic mass is 15.3. The summed E-state index contributed by atoms with van der Waals surface area (Å²) >= 11 is 0. The number of hydrogen-bond donors (Lipinski definition) is 2. The van der Waals surface area contributed by atoms with Gasteiger partial charge in [-0.25, -0.2) is 0 Å². The summed E-state index contributed by atoms with van der Waals surface area (Å²) in [5.41, 5.74) is 0.780. The van der Waals surface area contributed by atoms with Crippen LogP contribution in [-0.2, 0) is 0 Å². The minimum Gasteiger partial charge on any atom is -0.354 e. The number of hydrogen-bond acceptors (Lipinski definition) is 5. The van der Waals surface area contributed by atoms with E-state index in [1.807, 2.05) is 0 Å². The molecule has 0 aliphatic heterocycles. The van der Waals surface area contributed by atoms with Gasteiger partial charge in [-0.15, -0.1) is 0 Å². The van der Waals surface area contributed by atoms with Crippen molar-refractivity contribution in [2.24, 2.45) is 0 Å². The molecule has 2 aromatic heterocycles. The highest BCUT2D eigenvalue weighted by molar-refractivity contribution is 5.87. The van der Waals surface area contributed by atoms with E-state index in [0.29, 0.717) is 12.0 Å². The minimum absolute atomic E-state index is 0.386. The molecule has 2 rings (SSSR count). The van der Waals surface area contributed by atoms with Gasteiger partial charge >= 0.3 is 0 Å².